The summed E-state index contributed by atoms with van der Waals surface area (Å²) in [6.07, 6.45) is 1.93. The van der Waals surface area contributed by atoms with E-state index >= 15 is 0 Å². The van der Waals surface area contributed by atoms with E-state index in [0.29, 0.717) is 34.3 Å². The molecule has 0 aromatic heterocycles. The number of carbonyl (C=O) groups excluding carboxylic acids is 2. The van der Waals surface area contributed by atoms with E-state index < -0.39 is 6.10 Å². The first-order valence-electron chi connectivity index (χ1n) is 7.57. The number of carbonyl (C=O) groups is 2. The molecule has 1 aromatic rings. The summed E-state index contributed by atoms with van der Waals surface area (Å²) in [6, 6.07) is 4.78. The van der Waals surface area contributed by atoms with Gasteiger partial charge in [-0.25, -0.2) is 0 Å². The van der Waals surface area contributed by atoms with Gasteiger partial charge in [0.05, 0.1) is 5.02 Å². The molecular weight excluding hydrogens is 351 g/mol. The first-order valence-corrected chi connectivity index (χ1v) is 8.33. The Balaban J connectivity index is 1.91. The van der Waals surface area contributed by atoms with Crippen molar-refractivity contribution < 1.29 is 14.3 Å². The first-order chi connectivity index (χ1) is 11.2. The summed E-state index contributed by atoms with van der Waals surface area (Å²) in [5.74, 6) is 0.0369. The molecule has 2 rings (SSSR count). The maximum Gasteiger partial charge on any atom is 0.279 e. The second-order valence-corrected chi connectivity index (χ2v) is 7.45. The monoisotopic (exact) mass is 370 g/mol. The molecule has 0 saturated carbocycles. The SMILES string of the molecule is C[C@H](Oc1ccc(Cl)cc1Cl)C(=O)NNC1=CC(=O)CC(C)(C)C1. The summed E-state index contributed by atoms with van der Waals surface area (Å²) in [5.41, 5.74) is 5.92. The van der Waals surface area contributed by atoms with Crippen LogP contribution in [0.3, 0.4) is 0 Å². The average molecular weight is 371 g/mol. The van der Waals surface area contributed by atoms with Crippen molar-refractivity contribution in [2.45, 2.75) is 39.7 Å². The molecule has 0 saturated heterocycles. The first kappa shape index (κ1) is 18.6. The van der Waals surface area contributed by atoms with Crippen molar-refractivity contribution in [2.24, 2.45) is 5.41 Å². The molecule has 0 unspecified atom stereocenters. The molecule has 5 nitrogen and oxygen atoms in total. The zero-order valence-corrected chi connectivity index (χ0v) is 15.3. The zero-order chi connectivity index (χ0) is 17.9. The zero-order valence-electron chi connectivity index (χ0n) is 13.8. The maximum atomic E-state index is 12.1. The largest absolute Gasteiger partial charge is 0.479 e. The molecule has 1 aliphatic carbocycles. The fraction of sp³-hybridized carbons (Fsp3) is 0.412. The lowest BCUT2D eigenvalue weighted by atomic mass is 9.79. The molecule has 130 valence electrons. The molecule has 0 aliphatic heterocycles. The standard InChI is InChI=1S/C17H20Cl2N2O3/c1-10(24-15-5-4-11(18)6-14(15)19)16(23)21-20-12-7-13(22)9-17(2,3)8-12/h4-7,10,20H,8-9H2,1-3H3,(H,21,23)/t10-/m0/s1. The van der Waals surface area contributed by atoms with Crippen molar-refractivity contribution in [3.05, 3.63) is 40.0 Å². The van der Waals surface area contributed by atoms with Crippen LogP contribution in [0.15, 0.2) is 30.0 Å². The Morgan fingerprint density at radius 1 is 1.29 bits per heavy atom. The third-order valence-corrected chi connectivity index (χ3v) is 4.10. The molecule has 7 heteroatoms. The van der Waals surface area contributed by atoms with Crippen LogP contribution in [0.4, 0.5) is 0 Å². The number of nitrogens with one attached hydrogen (secondary N) is 2. The number of allylic oxidation sites excluding steroid dienone is 2. The molecule has 1 aliphatic rings. The number of halogens is 2. The Labute approximate surface area is 151 Å². The minimum atomic E-state index is -0.774. The molecule has 0 fully saturated rings. The lowest BCUT2D eigenvalue weighted by Crippen LogP contribution is -2.45. The fourth-order valence-electron chi connectivity index (χ4n) is 2.48. The van der Waals surface area contributed by atoms with Gasteiger partial charge in [-0.05, 0) is 37.0 Å². The number of hydrazine groups is 1. The molecule has 0 bridgehead atoms. The highest BCUT2D eigenvalue weighted by molar-refractivity contribution is 6.35. The van der Waals surface area contributed by atoms with Crippen LogP contribution >= 0.6 is 23.2 Å². The summed E-state index contributed by atoms with van der Waals surface area (Å²) in [6.45, 7) is 5.62. The van der Waals surface area contributed by atoms with Gasteiger partial charge in [-0.3, -0.25) is 15.0 Å². The molecule has 24 heavy (non-hydrogen) atoms. The van der Waals surface area contributed by atoms with Gasteiger partial charge < -0.3 is 10.2 Å². The van der Waals surface area contributed by atoms with Gasteiger partial charge in [-0.2, -0.15) is 0 Å². The van der Waals surface area contributed by atoms with Crippen molar-refractivity contribution in [3.8, 4) is 5.75 Å². The van der Waals surface area contributed by atoms with E-state index in [1.165, 1.54) is 6.08 Å². The third-order valence-electron chi connectivity index (χ3n) is 3.57. The van der Waals surface area contributed by atoms with Crippen molar-refractivity contribution in [1.82, 2.24) is 10.9 Å². The lowest BCUT2D eigenvalue weighted by molar-refractivity contribution is -0.128. The Kier molecular flexibility index (Phi) is 5.78. The van der Waals surface area contributed by atoms with Gasteiger partial charge in [-0.1, -0.05) is 37.0 Å². The van der Waals surface area contributed by atoms with E-state index in [0.717, 1.165) is 0 Å². The number of ketones is 1. The quantitative estimate of drug-likeness (QED) is 0.776. The number of amides is 1. The second-order valence-electron chi connectivity index (χ2n) is 6.60. The van der Waals surface area contributed by atoms with Gasteiger partial charge in [0, 0.05) is 23.2 Å². The molecule has 0 spiro atoms. The van der Waals surface area contributed by atoms with Crippen molar-refractivity contribution in [2.75, 3.05) is 0 Å². The van der Waals surface area contributed by atoms with Crippen LogP contribution in [0, 0.1) is 5.41 Å². The maximum absolute atomic E-state index is 12.1. The van der Waals surface area contributed by atoms with Crippen molar-refractivity contribution in [1.29, 1.82) is 0 Å². The van der Waals surface area contributed by atoms with E-state index in [2.05, 4.69) is 10.9 Å². The number of benzene rings is 1. The van der Waals surface area contributed by atoms with Crippen molar-refractivity contribution in [3.63, 3.8) is 0 Å². The van der Waals surface area contributed by atoms with Gasteiger partial charge in [0.1, 0.15) is 5.75 Å². The summed E-state index contributed by atoms with van der Waals surface area (Å²) in [4.78, 5) is 23.8. The van der Waals surface area contributed by atoms with E-state index in [-0.39, 0.29) is 17.1 Å². The predicted octanol–water partition coefficient (Wildman–Crippen LogP) is 3.65. The highest BCUT2D eigenvalue weighted by Gasteiger charge is 2.28. The number of hydrogen-bond donors (Lipinski definition) is 2. The average Bonchev–Trinajstić information content (AvgIpc) is 2.45. The third kappa shape index (κ3) is 5.14. The highest BCUT2D eigenvalue weighted by Crippen LogP contribution is 2.32. The summed E-state index contributed by atoms with van der Waals surface area (Å²) >= 11 is 11.8. The van der Waals surface area contributed by atoms with Crippen LogP contribution < -0.4 is 15.6 Å². The van der Waals surface area contributed by atoms with E-state index in [1.807, 2.05) is 13.8 Å². The minimum absolute atomic E-state index is 0.0419. The molecule has 0 heterocycles. The number of hydrogen-bond acceptors (Lipinski definition) is 4. The minimum Gasteiger partial charge on any atom is -0.479 e. The van der Waals surface area contributed by atoms with Crippen LogP contribution in [0.25, 0.3) is 0 Å². The smallest absolute Gasteiger partial charge is 0.279 e. The van der Waals surface area contributed by atoms with Crippen LogP contribution in [-0.4, -0.2) is 17.8 Å². The highest BCUT2D eigenvalue weighted by atomic mass is 35.5. The fourth-order valence-corrected chi connectivity index (χ4v) is 2.94. The Bertz CT molecular complexity index is 686. The Morgan fingerprint density at radius 2 is 2.00 bits per heavy atom. The van der Waals surface area contributed by atoms with Gasteiger partial charge in [0.15, 0.2) is 11.9 Å². The van der Waals surface area contributed by atoms with Gasteiger partial charge >= 0.3 is 0 Å². The van der Waals surface area contributed by atoms with E-state index in [9.17, 15) is 9.59 Å². The van der Waals surface area contributed by atoms with Gasteiger partial charge in [-0.15, -0.1) is 0 Å². The van der Waals surface area contributed by atoms with Gasteiger partial charge in [0.25, 0.3) is 5.91 Å². The van der Waals surface area contributed by atoms with Crippen LogP contribution in [0.1, 0.15) is 33.6 Å². The molecular formula is C17H20Cl2N2O3. The molecule has 0 radical (unpaired) electrons. The molecule has 1 atom stereocenters. The summed E-state index contributed by atoms with van der Waals surface area (Å²) < 4.78 is 5.53. The van der Waals surface area contributed by atoms with Crippen LogP contribution in [0.5, 0.6) is 5.75 Å². The number of ether oxygens (including phenoxy) is 1. The van der Waals surface area contributed by atoms with E-state index in [4.69, 9.17) is 27.9 Å². The molecule has 2 N–H and O–H groups in total. The Morgan fingerprint density at radius 3 is 2.62 bits per heavy atom. The van der Waals surface area contributed by atoms with Crippen molar-refractivity contribution >= 4 is 34.9 Å². The summed E-state index contributed by atoms with van der Waals surface area (Å²) in [5, 5.41) is 0.820. The lowest BCUT2D eigenvalue weighted by Gasteiger charge is -2.29. The summed E-state index contributed by atoms with van der Waals surface area (Å²) in [7, 11) is 0. The number of rotatable bonds is 5. The van der Waals surface area contributed by atoms with Crippen LogP contribution in [-0.2, 0) is 9.59 Å². The molecule has 1 amide bonds. The normalized spacial score (nSPS) is 17.7. The van der Waals surface area contributed by atoms with Gasteiger partial charge in [0.2, 0.25) is 0 Å². The van der Waals surface area contributed by atoms with E-state index in [1.54, 1.807) is 25.1 Å². The topological polar surface area (TPSA) is 67.4 Å². The Hall–Kier alpha value is -1.72. The molecule has 1 aromatic carbocycles. The van der Waals surface area contributed by atoms with Crippen LogP contribution in [0.2, 0.25) is 10.0 Å². The predicted molar refractivity (Wildman–Crippen MR) is 93.9 cm³/mol. The second kappa shape index (κ2) is 7.45.